The number of anilines is 1. The summed E-state index contributed by atoms with van der Waals surface area (Å²) >= 11 is 0. The van der Waals surface area contributed by atoms with Crippen molar-refractivity contribution in [2.45, 2.75) is 51.6 Å². The Kier molecular flexibility index (Phi) is 5.68. The number of alkyl halides is 2. The lowest BCUT2D eigenvalue weighted by atomic mass is 9.66. The monoisotopic (exact) mass is 510 g/mol. The molecule has 1 saturated heterocycles. The van der Waals surface area contributed by atoms with Crippen LogP contribution in [0.2, 0.25) is 0 Å². The number of likely N-dealkylation sites (tertiary alicyclic amines) is 1. The summed E-state index contributed by atoms with van der Waals surface area (Å²) in [6.45, 7) is 3.22. The Labute approximate surface area is 211 Å². The molecule has 12 heteroatoms. The van der Waals surface area contributed by atoms with Gasteiger partial charge in [-0.25, -0.2) is 13.5 Å². The van der Waals surface area contributed by atoms with Gasteiger partial charge in [0, 0.05) is 30.9 Å². The number of methoxy groups -OCH3 is 1. The number of aromatic nitrogens is 6. The van der Waals surface area contributed by atoms with Crippen molar-refractivity contribution in [3.05, 3.63) is 24.4 Å². The van der Waals surface area contributed by atoms with E-state index in [1.807, 2.05) is 17.9 Å². The number of fused-ring (bicyclic) bond motifs is 2. The topological polar surface area (TPSA) is 114 Å². The summed E-state index contributed by atoms with van der Waals surface area (Å²) in [4.78, 5) is 27.3. The fourth-order valence-corrected chi connectivity index (χ4v) is 5.63. The van der Waals surface area contributed by atoms with E-state index in [-0.39, 0.29) is 17.4 Å². The average Bonchev–Trinajstić information content (AvgIpc) is 3.62. The quantitative estimate of drug-likeness (QED) is 0.388. The predicted molar refractivity (Wildman–Crippen MR) is 134 cm³/mol. The van der Waals surface area contributed by atoms with Crippen molar-refractivity contribution >= 4 is 33.9 Å². The molecule has 0 spiro atoms. The van der Waals surface area contributed by atoms with E-state index in [4.69, 9.17) is 4.74 Å². The summed E-state index contributed by atoms with van der Waals surface area (Å²) in [6, 6.07) is 5.47. The van der Waals surface area contributed by atoms with Crippen LogP contribution in [0.4, 0.5) is 14.7 Å². The molecule has 4 aromatic rings. The van der Waals surface area contributed by atoms with E-state index in [9.17, 15) is 13.6 Å². The maximum Gasteiger partial charge on any atom is 0.258 e. The Morgan fingerprint density at radius 2 is 2.05 bits per heavy atom. The molecule has 10 nitrogen and oxygen atoms in total. The Hall–Kier alpha value is -3.83. The van der Waals surface area contributed by atoms with Crippen molar-refractivity contribution in [2.75, 3.05) is 25.5 Å². The van der Waals surface area contributed by atoms with E-state index >= 15 is 0 Å². The zero-order chi connectivity index (χ0) is 25.7. The number of hydrogen-bond donors (Lipinski definition) is 2. The number of amides is 1. The molecule has 0 bridgehead atoms. The average molecular weight is 511 g/mol. The summed E-state index contributed by atoms with van der Waals surface area (Å²) in [5.41, 5.74) is 2.84. The maximum atomic E-state index is 13.0. The minimum Gasteiger partial charge on any atom is -0.480 e. The lowest BCUT2D eigenvalue weighted by Gasteiger charge is -2.45. The molecule has 1 aliphatic heterocycles. The first kappa shape index (κ1) is 23.6. The van der Waals surface area contributed by atoms with E-state index in [2.05, 4.69) is 30.6 Å². The molecule has 1 aliphatic carbocycles. The van der Waals surface area contributed by atoms with Gasteiger partial charge < -0.3 is 19.9 Å². The molecule has 4 heterocycles. The van der Waals surface area contributed by atoms with Crippen molar-refractivity contribution in [3.63, 3.8) is 0 Å². The number of nitrogens with one attached hydrogen (secondary N) is 2. The Bertz CT molecular complexity index is 1470. The van der Waals surface area contributed by atoms with E-state index < -0.39 is 13.0 Å². The third-order valence-electron chi connectivity index (χ3n) is 7.46. The van der Waals surface area contributed by atoms with Crippen LogP contribution in [0.3, 0.4) is 0 Å². The molecule has 2 fully saturated rings. The van der Waals surface area contributed by atoms with Crippen LogP contribution in [0.1, 0.15) is 32.6 Å². The number of aromatic amines is 1. The fraction of sp³-hybridized carbons (Fsp3) is 0.480. The first-order chi connectivity index (χ1) is 17.8. The van der Waals surface area contributed by atoms with E-state index in [0.717, 1.165) is 49.9 Å². The maximum absolute atomic E-state index is 13.0. The fourth-order valence-electron chi connectivity index (χ4n) is 5.63. The molecule has 194 valence electrons. The van der Waals surface area contributed by atoms with Gasteiger partial charge in [0.25, 0.3) is 6.43 Å². The van der Waals surface area contributed by atoms with E-state index in [0.29, 0.717) is 33.9 Å². The summed E-state index contributed by atoms with van der Waals surface area (Å²) < 4.78 is 32.8. The minimum absolute atomic E-state index is 0.0955. The number of ether oxygens (including phenoxy) is 1. The second-order valence-electron chi connectivity index (χ2n) is 10.2. The standard InChI is InChI=1S/C25H28F2N8O2/c1-25(23(36)34-7-3-4-8-34)10-15(11-25)29-24-30-21-20(22(31-24)37-2)16(12-28-21)14-5-6-17-18(9-14)35(33-32-17)13-19(26)27/h5-6,9,12,15,19H,3-4,7-8,10-11,13H2,1-2H3,(H2,28,29,30,31)/t15-,25-. The molecule has 2 N–H and O–H groups in total. The summed E-state index contributed by atoms with van der Waals surface area (Å²) in [6.07, 6.45) is 2.88. The minimum atomic E-state index is -2.53. The van der Waals surface area contributed by atoms with Crippen LogP contribution >= 0.6 is 0 Å². The van der Waals surface area contributed by atoms with Crippen LogP contribution < -0.4 is 10.1 Å². The summed E-state index contributed by atoms with van der Waals surface area (Å²) in [5, 5.41) is 11.9. The summed E-state index contributed by atoms with van der Waals surface area (Å²) in [5.74, 6) is 1.06. The van der Waals surface area contributed by atoms with Crippen LogP contribution in [0, 0.1) is 5.41 Å². The highest BCUT2D eigenvalue weighted by Gasteiger charge is 2.48. The molecule has 0 atom stereocenters. The molecule has 0 radical (unpaired) electrons. The highest BCUT2D eigenvalue weighted by Crippen LogP contribution is 2.44. The Morgan fingerprint density at radius 3 is 2.78 bits per heavy atom. The third-order valence-corrected chi connectivity index (χ3v) is 7.46. The van der Waals surface area contributed by atoms with Gasteiger partial charge in [-0.3, -0.25) is 4.79 Å². The molecule has 1 aromatic carbocycles. The first-order valence-electron chi connectivity index (χ1n) is 12.5. The number of halogens is 2. The van der Waals surface area contributed by atoms with Gasteiger partial charge in [0.15, 0.2) is 0 Å². The van der Waals surface area contributed by atoms with Gasteiger partial charge in [-0.15, -0.1) is 5.10 Å². The van der Waals surface area contributed by atoms with Gasteiger partial charge in [0.2, 0.25) is 17.7 Å². The normalized spacial score (nSPS) is 21.6. The molecule has 2 aliphatic rings. The molecule has 0 unspecified atom stereocenters. The van der Waals surface area contributed by atoms with Crippen molar-refractivity contribution in [3.8, 4) is 17.0 Å². The third kappa shape index (κ3) is 4.13. The lowest BCUT2D eigenvalue weighted by molar-refractivity contribution is -0.145. The lowest BCUT2D eigenvalue weighted by Crippen LogP contribution is -2.53. The van der Waals surface area contributed by atoms with Gasteiger partial charge in [-0.2, -0.15) is 9.97 Å². The van der Waals surface area contributed by atoms with Crippen molar-refractivity contribution in [2.24, 2.45) is 5.41 Å². The van der Waals surface area contributed by atoms with E-state index in [1.165, 1.54) is 4.68 Å². The molecule has 3 aromatic heterocycles. The van der Waals surface area contributed by atoms with Gasteiger partial charge in [0.1, 0.15) is 17.7 Å². The van der Waals surface area contributed by atoms with Crippen molar-refractivity contribution in [1.82, 2.24) is 34.8 Å². The van der Waals surface area contributed by atoms with Gasteiger partial charge in [-0.1, -0.05) is 18.2 Å². The van der Waals surface area contributed by atoms with Crippen LogP contribution in [0.5, 0.6) is 5.88 Å². The zero-order valence-electron chi connectivity index (χ0n) is 20.7. The van der Waals surface area contributed by atoms with Crippen molar-refractivity contribution in [1.29, 1.82) is 0 Å². The molecular weight excluding hydrogens is 482 g/mol. The highest BCUT2D eigenvalue weighted by atomic mass is 19.3. The second-order valence-corrected chi connectivity index (χ2v) is 10.2. The molecule has 1 amide bonds. The molecule has 6 rings (SSSR count). The molecule has 37 heavy (non-hydrogen) atoms. The van der Waals surface area contributed by atoms with Gasteiger partial charge in [0.05, 0.1) is 23.4 Å². The number of benzene rings is 1. The van der Waals surface area contributed by atoms with Crippen LogP contribution in [-0.4, -0.2) is 73.4 Å². The number of carbonyl (C=O) groups excluding carboxylic acids is 1. The predicted octanol–water partition coefficient (Wildman–Crippen LogP) is 3.85. The van der Waals surface area contributed by atoms with Gasteiger partial charge >= 0.3 is 0 Å². The van der Waals surface area contributed by atoms with Gasteiger partial charge in [-0.05, 0) is 43.4 Å². The summed E-state index contributed by atoms with van der Waals surface area (Å²) in [7, 11) is 1.54. The second kappa shape index (κ2) is 8.93. The number of hydrogen-bond acceptors (Lipinski definition) is 7. The highest BCUT2D eigenvalue weighted by molar-refractivity contribution is 5.99. The first-order valence-corrected chi connectivity index (χ1v) is 12.5. The Balaban J connectivity index is 1.25. The van der Waals surface area contributed by atoms with Crippen LogP contribution in [0.15, 0.2) is 24.4 Å². The zero-order valence-corrected chi connectivity index (χ0v) is 20.7. The number of nitrogens with zero attached hydrogens (tertiary/aromatic N) is 6. The number of carbonyl (C=O) groups is 1. The molecular formula is C25H28F2N8O2. The van der Waals surface area contributed by atoms with E-state index in [1.54, 1.807) is 25.4 Å². The number of H-pyrrole nitrogens is 1. The van der Waals surface area contributed by atoms with Crippen molar-refractivity contribution < 1.29 is 18.3 Å². The smallest absolute Gasteiger partial charge is 0.258 e. The number of rotatable bonds is 7. The Morgan fingerprint density at radius 1 is 1.27 bits per heavy atom. The molecule has 1 saturated carbocycles. The van der Waals surface area contributed by atoms with Crippen LogP contribution in [-0.2, 0) is 11.3 Å². The van der Waals surface area contributed by atoms with Crippen LogP contribution in [0.25, 0.3) is 33.2 Å². The SMILES string of the molecule is COc1nc(N[C@H]2C[C@](C)(C(=O)N3CCCC3)C2)nc2[nH]cc(-c3ccc4nnn(CC(F)F)c4c3)c12. The largest absolute Gasteiger partial charge is 0.480 e.